The van der Waals surface area contributed by atoms with Crippen molar-refractivity contribution >= 4 is 23.2 Å². The Labute approximate surface area is 148 Å². The quantitative estimate of drug-likeness (QED) is 0.672. The zero-order valence-electron chi connectivity index (χ0n) is 14.5. The summed E-state index contributed by atoms with van der Waals surface area (Å²) in [5.41, 5.74) is 1.23. The summed E-state index contributed by atoms with van der Waals surface area (Å²) >= 11 is 0. The molecule has 0 unspecified atom stereocenters. The highest BCUT2D eigenvalue weighted by Gasteiger charge is 2.09. The Morgan fingerprint density at radius 1 is 0.840 bits per heavy atom. The standard InChI is InChI=1S/C20H24N2O3/c1-2-9-19(23)21-17-12-6-7-13-18(17)22-20(24)14-8-15-25-16-10-4-3-5-11-16/h3-7,10-13H,2,8-9,14-15H2,1H3,(H,21,23)(H,22,24). The van der Waals surface area contributed by atoms with E-state index in [4.69, 9.17) is 4.74 Å². The maximum atomic E-state index is 12.1. The van der Waals surface area contributed by atoms with Gasteiger partial charge in [-0.15, -0.1) is 0 Å². The minimum atomic E-state index is -0.103. The fourth-order valence-corrected chi connectivity index (χ4v) is 2.29. The van der Waals surface area contributed by atoms with Crippen LogP contribution in [-0.4, -0.2) is 18.4 Å². The Morgan fingerprint density at radius 2 is 1.40 bits per heavy atom. The molecule has 132 valence electrons. The molecule has 0 spiro atoms. The van der Waals surface area contributed by atoms with Crippen molar-refractivity contribution in [3.05, 3.63) is 54.6 Å². The number of hydrogen-bond donors (Lipinski definition) is 2. The van der Waals surface area contributed by atoms with Crippen LogP contribution in [0.2, 0.25) is 0 Å². The monoisotopic (exact) mass is 340 g/mol. The molecule has 2 N–H and O–H groups in total. The number of para-hydroxylation sites is 3. The van der Waals surface area contributed by atoms with Crippen LogP contribution in [0.4, 0.5) is 11.4 Å². The molecule has 2 aromatic rings. The van der Waals surface area contributed by atoms with Crippen LogP contribution >= 0.6 is 0 Å². The van der Waals surface area contributed by atoms with Gasteiger partial charge in [-0.3, -0.25) is 9.59 Å². The summed E-state index contributed by atoms with van der Waals surface area (Å²) in [6, 6.07) is 16.7. The molecular weight excluding hydrogens is 316 g/mol. The van der Waals surface area contributed by atoms with E-state index in [0.29, 0.717) is 37.2 Å². The third-order valence-electron chi connectivity index (χ3n) is 3.51. The van der Waals surface area contributed by atoms with Gasteiger partial charge in [-0.25, -0.2) is 0 Å². The third kappa shape index (κ3) is 6.67. The summed E-state index contributed by atoms with van der Waals surface area (Å²) in [6.07, 6.45) is 2.20. The maximum Gasteiger partial charge on any atom is 0.224 e. The first-order valence-corrected chi connectivity index (χ1v) is 8.55. The summed E-state index contributed by atoms with van der Waals surface area (Å²) in [5.74, 6) is 0.640. The fraction of sp³-hybridized carbons (Fsp3) is 0.300. The van der Waals surface area contributed by atoms with Crippen LogP contribution < -0.4 is 15.4 Å². The third-order valence-corrected chi connectivity index (χ3v) is 3.51. The number of hydrogen-bond acceptors (Lipinski definition) is 3. The van der Waals surface area contributed by atoms with E-state index in [1.165, 1.54) is 0 Å². The smallest absolute Gasteiger partial charge is 0.224 e. The van der Waals surface area contributed by atoms with E-state index in [1.807, 2.05) is 49.4 Å². The molecule has 0 fully saturated rings. The number of ether oxygens (including phenoxy) is 1. The lowest BCUT2D eigenvalue weighted by Crippen LogP contribution is -2.16. The van der Waals surface area contributed by atoms with Crippen molar-refractivity contribution in [2.75, 3.05) is 17.2 Å². The van der Waals surface area contributed by atoms with Crippen molar-refractivity contribution in [1.29, 1.82) is 0 Å². The fourth-order valence-electron chi connectivity index (χ4n) is 2.29. The van der Waals surface area contributed by atoms with Crippen molar-refractivity contribution in [2.45, 2.75) is 32.6 Å². The van der Waals surface area contributed by atoms with Crippen molar-refractivity contribution in [3.8, 4) is 5.75 Å². The summed E-state index contributed by atoms with van der Waals surface area (Å²) in [5, 5.41) is 5.67. The van der Waals surface area contributed by atoms with E-state index in [2.05, 4.69) is 10.6 Å². The zero-order valence-corrected chi connectivity index (χ0v) is 14.5. The number of amides is 2. The SMILES string of the molecule is CCCC(=O)Nc1ccccc1NC(=O)CCCOc1ccccc1. The van der Waals surface area contributed by atoms with Crippen LogP contribution in [0.3, 0.4) is 0 Å². The van der Waals surface area contributed by atoms with E-state index in [-0.39, 0.29) is 11.8 Å². The molecule has 0 atom stereocenters. The molecule has 0 aliphatic rings. The highest BCUT2D eigenvalue weighted by Crippen LogP contribution is 2.21. The molecule has 0 saturated carbocycles. The Hall–Kier alpha value is -2.82. The lowest BCUT2D eigenvalue weighted by atomic mass is 10.2. The number of carbonyl (C=O) groups excluding carboxylic acids is 2. The first-order valence-electron chi connectivity index (χ1n) is 8.55. The van der Waals surface area contributed by atoms with E-state index >= 15 is 0 Å². The van der Waals surface area contributed by atoms with Gasteiger partial charge in [0.15, 0.2) is 0 Å². The number of carbonyl (C=O) groups is 2. The number of nitrogens with one attached hydrogen (secondary N) is 2. The maximum absolute atomic E-state index is 12.1. The number of anilines is 2. The Morgan fingerprint density at radius 3 is 2.00 bits per heavy atom. The molecule has 0 heterocycles. The first-order chi connectivity index (χ1) is 12.2. The van der Waals surface area contributed by atoms with Gasteiger partial charge in [0, 0.05) is 12.8 Å². The lowest BCUT2D eigenvalue weighted by molar-refractivity contribution is -0.117. The Kier molecular flexibility index (Phi) is 7.50. The average molecular weight is 340 g/mol. The predicted octanol–water partition coefficient (Wildman–Crippen LogP) is 4.22. The van der Waals surface area contributed by atoms with Crippen LogP contribution in [0.25, 0.3) is 0 Å². The molecule has 5 nitrogen and oxygen atoms in total. The highest BCUT2D eigenvalue weighted by atomic mass is 16.5. The van der Waals surface area contributed by atoms with Gasteiger partial charge in [-0.1, -0.05) is 37.3 Å². The molecule has 0 saturated heterocycles. The second-order valence-corrected chi connectivity index (χ2v) is 5.66. The van der Waals surface area contributed by atoms with Gasteiger partial charge in [0.25, 0.3) is 0 Å². The number of rotatable bonds is 9. The van der Waals surface area contributed by atoms with Crippen LogP contribution in [0, 0.1) is 0 Å². The van der Waals surface area contributed by atoms with E-state index < -0.39 is 0 Å². The summed E-state index contributed by atoms with van der Waals surface area (Å²) in [7, 11) is 0. The first kappa shape index (κ1) is 18.5. The summed E-state index contributed by atoms with van der Waals surface area (Å²) in [6.45, 7) is 2.43. The zero-order chi connectivity index (χ0) is 17.9. The van der Waals surface area contributed by atoms with Crippen molar-refractivity contribution in [1.82, 2.24) is 0 Å². The molecule has 2 rings (SSSR count). The van der Waals surface area contributed by atoms with Crippen LogP contribution in [0.15, 0.2) is 54.6 Å². The molecule has 2 amide bonds. The van der Waals surface area contributed by atoms with Crippen LogP contribution in [0.5, 0.6) is 5.75 Å². The molecule has 2 aromatic carbocycles. The summed E-state index contributed by atoms with van der Waals surface area (Å²) in [4.78, 5) is 23.9. The van der Waals surface area contributed by atoms with Crippen molar-refractivity contribution < 1.29 is 14.3 Å². The molecule has 0 aliphatic heterocycles. The molecule has 0 aliphatic carbocycles. The average Bonchev–Trinajstić information content (AvgIpc) is 2.61. The van der Waals surface area contributed by atoms with Crippen LogP contribution in [0.1, 0.15) is 32.6 Å². The highest BCUT2D eigenvalue weighted by molar-refractivity contribution is 5.99. The van der Waals surface area contributed by atoms with Gasteiger partial charge in [0.1, 0.15) is 5.75 Å². The van der Waals surface area contributed by atoms with Gasteiger partial charge in [0.2, 0.25) is 11.8 Å². The second-order valence-electron chi connectivity index (χ2n) is 5.66. The van der Waals surface area contributed by atoms with Gasteiger partial charge in [-0.2, -0.15) is 0 Å². The number of benzene rings is 2. The Bertz CT molecular complexity index is 686. The van der Waals surface area contributed by atoms with Gasteiger partial charge < -0.3 is 15.4 Å². The largest absolute Gasteiger partial charge is 0.494 e. The minimum Gasteiger partial charge on any atom is -0.494 e. The lowest BCUT2D eigenvalue weighted by Gasteiger charge is -2.12. The van der Waals surface area contributed by atoms with Crippen molar-refractivity contribution in [2.24, 2.45) is 0 Å². The second kappa shape index (κ2) is 10.1. The predicted molar refractivity (Wildman–Crippen MR) is 99.8 cm³/mol. The van der Waals surface area contributed by atoms with E-state index in [0.717, 1.165) is 12.2 Å². The van der Waals surface area contributed by atoms with Crippen LogP contribution in [-0.2, 0) is 9.59 Å². The molecule has 0 radical (unpaired) electrons. The van der Waals surface area contributed by atoms with E-state index in [1.54, 1.807) is 12.1 Å². The van der Waals surface area contributed by atoms with Gasteiger partial charge >= 0.3 is 0 Å². The van der Waals surface area contributed by atoms with Gasteiger partial charge in [0.05, 0.1) is 18.0 Å². The minimum absolute atomic E-state index is 0.0551. The molecule has 0 aromatic heterocycles. The summed E-state index contributed by atoms with van der Waals surface area (Å²) < 4.78 is 5.57. The Balaban J connectivity index is 1.79. The molecule has 25 heavy (non-hydrogen) atoms. The molecule has 5 heteroatoms. The van der Waals surface area contributed by atoms with E-state index in [9.17, 15) is 9.59 Å². The topological polar surface area (TPSA) is 67.4 Å². The molecule has 0 bridgehead atoms. The van der Waals surface area contributed by atoms with Gasteiger partial charge in [-0.05, 0) is 37.1 Å². The normalized spacial score (nSPS) is 10.1. The van der Waals surface area contributed by atoms with Crippen molar-refractivity contribution in [3.63, 3.8) is 0 Å². The molecular formula is C20H24N2O3.